The lowest BCUT2D eigenvalue weighted by Gasteiger charge is -2.27. The zero-order valence-electron chi connectivity index (χ0n) is 18.4. The van der Waals surface area contributed by atoms with Crippen LogP contribution in [0.2, 0.25) is 0 Å². The van der Waals surface area contributed by atoms with Crippen molar-refractivity contribution in [1.29, 1.82) is 0 Å². The Labute approximate surface area is 192 Å². The Hall–Kier alpha value is -3.77. The Kier molecular flexibility index (Phi) is 5.52. The Bertz CT molecular complexity index is 1170. The molecule has 0 bridgehead atoms. The van der Waals surface area contributed by atoms with Gasteiger partial charge in [0.25, 0.3) is 17.7 Å². The number of nitrogens with one attached hydrogen (secondary N) is 1. The fourth-order valence-electron chi connectivity index (χ4n) is 4.77. The first-order valence-electron chi connectivity index (χ1n) is 11.2. The number of amides is 3. The fraction of sp³-hybridized carbons (Fsp3) is 0.222. The highest BCUT2D eigenvalue weighted by molar-refractivity contribution is 6.21. The molecule has 6 heteroatoms. The largest absolute Gasteiger partial charge is 0.332 e. The summed E-state index contributed by atoms with van der Waals surface area (Å²) in [6.07, 6.45) is 0.678. The quantitative estimate of drug-likeness (QED) is 0.619. The molecular formula is C27H25N3O3. The highest BCUT2D eigenvalue weighted by Gasteiger charge is 2.41. The van der Waals surface area contributed by atoms with Gasteiger partial charge in [-0.05, 0) is 48.9 Å². The number of hydrogen-bond donors (Lipinski definition) is 1. The molecule has 2 atom stereocenters. The van der Waals surface area contributed by atoms with E-state index in [0.29, 0.717) is 29.7 Å². The summed E-state index contributed by atoms with van der Waals surface area (Å²) >= 11 is 0. The van der Waals surface area contributed by atoms with Crippen molar-refractivity contribution in [2.45, 2.75) is 18.5 Å². The van der Waals surface area contributed by atoms with Crippen LogP contribution in [0.25, 0.3) is 11.1 Å². The van der Waals surface area contributed by atoms with Crippen molar-refractivity contribution >= 4 is 17.7 Å². The minimum Gasteiger partial charge on any atom is -0.332 e. The van der Waals surface area contributed by atoms with Crippen LogP contribution in [0.5, 0.6) is 0 Å². The summed E-state index contributed by atoms with van der Waals surface area (Å²) in [6.45, 7) is 0.724. The van der Waals surface area contributed by atoms with Crippen molar-refractivity contribution in [3.63, 3.8) is 0 Å². The van der Waals surface area contributed by atoms with Gasteiger partial charge in [0.15, 0.2) is 0 Å². The first-order chi connectivity index (χ1) is 16.1. The third-order valence-corrected chi connectivity index (χ3v) is 6.59. The van der Waals surface area contributed by atoms with Gasteiger partial charge >= 0.3 is 0 Å². The summed E-state index contributed by atoms with van der Waals surface area (Å²) in [5.74, 6) is -0.666. The molecule has 1 fully saturated rings. The molecule has 33 heavy (non-hydrogen) atoms. The molecule has 0 saturated carbocycles. The van der Waals surface area contributed by atoms with Crippen LogP contribution >= 0.6 is 0 Å². The topological polar surface area (TPSA) is 69.7 Å². The minimum absolute atomic E-state index is 0.0889. The molecule has 0 aromatic heterocycles. The van der Waals surface area contributed by atoms with E-state index in [2.05, 4.69) is 5.32 Å². The number of likely N-dealkylation sites (tertiary alicyclic amines) is 1. The van der Waals surface area contributed by atoms with Crippen LogP contribution in [0.1, 0.15) is 37.5 Å². The first kappa shape index (κ1) is 21.1. The van der Waals surface area contributed by atoms with Crippen LogP contribution in [0.15, 0.2) is 78.9 Å². The first-order valence-corrected chi connectivity index (χ1v) is 11.2. The number of nitrogens with zero attached hydrogens (tertiary/aromatic N) is 2. The van der Waals surface area contributed by atoms with Crippen LogP contribution in [-0.2, 0) is 0 Å². The van der Waals surface area contributed by atoms with E-state index in [1.54, 1.807) is 29.2 Å². The number of fused-ring (bicyclic) bond motifs is 1. The maximum Gasteiger partial charge on any atom is 0.261 e. The van der Waals surface area contributed by atoms with Crippen molar-refractivity contribution in [2.75, 3.05) is 20.1 Å². The molecule has 166 valence electrons. The van der Waals surface area contributed by atoms with Crippen LogP contribution in [0.3, 0.4) is 0 Å². The van der Waals surface area contributed by atoms with Crippen molar-refractivity contribution in [3.8, 4) is 11.1 Å². The molecule has 0 spiro atoms. The van der Waals surface area contributed by atoms with Gasteiger partial charge in [-0.25, -0.2) is 0 Å². The highest BCUT2D eigenvalue weighted by atomic mass is 16.2. The molecule has 3 aromatic carbocycles. The van der Waals surface area contributed by atoms with E-state index in [0.717, 1.165) is 11.1 Å². The maximum atomic E-state index is 13.4. The lowest BCUT2D eigenvalue weighted by molar-refractivity contribution is 0.0562. The SMILES string of the molecule is CNC1CC(CN2C(=O)c3ccccc3C2=O)N(C(=O)c2ccc(-c3ccccc3)cc2)C1. The van der Waals surface area contributed by atoms with E-state index >= 15 is 0 Å². The lowest BCUT2D eigenvalue weighted by Crippen LogP contribution is -2.45. The zero-order chi connectivity index (χ0) is 22.9. The van der Waals surface area contributed by atoms with Gasteiger partial charge in [-0.3, -0.25) is 19.3 Å². The summed E-state index contributed by atoms with van der Waals surface area (Å²) in [5.41, 5.74) is 3.60. The van der Waals surface area contributed by atoms with Gasteiger partial charge < -0.3 is 10.2 Å². The van der Waals surface area contributed by atoms with Gasteiger partial charge in [0.2, 0.25) is 0 Å². The molecule has 5 rings (SSSR count). The number of benzene rings is 3. The normalized spacial score (nSPS) is 19.8. The van der Waals surface area contributed by atoms with Gasteiger partial charge in [-0.2, -0.15) is 0 Å². The summed E-state index contributed by atoms with van der Waals surface area (Å²) in [5, 5.41) is 3.24. The molecular weight excluding hydrogens is 414 g/mol. The molecule has 2 aliphatic heterocycles. The molecule has 1 N–H and O–H groups in total. The van der Waals surface area contributed by atoms with E-state index in [1.807, 2.05) is 61.6 Å². The average Bonchev–Trinajstić information content (AvgIpc) is 3.39. The fourth-order valence-corrected chi connectivity index (χ4v) is 4.77. The highest BCUT2D eigenvalue weighted by Crippen LogP contribution is 2.28. The van der Waals surface area contributed by atoms with Crippen molar-refractivity contribution < 1.29 is 14.4 Å². The number of carbonyl (C=O) groups excluding carboxylic acids is 3. The smallest absolute Gasteiger partial charge is 0.261 e. The minimum atomic E-state index is -0.289. The summed E-state index contributed by atoms with van der Waals surface area (Å²) in [6, 6.07) is 24.3. The molecule has 2 unspecified atom stereocenters. The van der Waals surface area contributed by atoms with Crippen LogP contribution in [-0.4, -0.2) is 59.7 Å². The second kappa shape index (κ2) is 8.64. The second-order valence-electron chi connectivity index (χ2n) is 8.54. The van der Waals surface area contributed by atoms with Crippen molar-refractivity contribution in [2.24, 2.45) is 0 Å². The van der Waals surface area contributed by atoms with Crippen LogP contribution in [0.4, 0.5) is 0 Å². The van der Waals surface area contributed by atoms with E-state index in [9.17, 15) is 14.4 Å². The van der Waals surface area contributed by atoms with Crippen molar-refractivity contribution in [3.05, 3.63) is 95.6 Å². The Morgan fingerprint density at radius 2 is 1.42 bits per heavy atom. The number of rotatable bonds is 5. The molecule has 3 amide bonds. The standard InChI is InChI=1S/C27H25N3O3/c1-28-21-15-22(17-30-26(32)23-9-5-6-10-24(23)27(30)33)29(16-21)25(31)20-13-11-19(12-14-20)18-7-3-2-4-8-18/h2-14,21-22,28H,15-17H2,1H3. The monoisotopic (exact) mass is 439 g/mol. The Morgan fingerprint density at radius 3 is 2.03 bits per heavy atom. The molecule has 3 aromatic rings. The average molecular weight is 440 g/mol. The number of hydrogen-bond acceptors (Lipinski definition) is 4. The van der Waals surface area contributed by atoms with Crippen molar-refractivity contribution in [1.82, 2.24) is 15.1 Å². The number of imide groups is 1. The number of carbonyl (C=O) groups is 3. The predicted molar refractivity (Wildman–Crippen MR) is 126 cm³/mol. The molecule has 2 heterocycles. The summed E-state index contributed by atoms with van der Waals surface area (Å²) < 4.78 is 0. The third-order valence-electron chi connectivity index (χ3n) is 6.59. The van der Waals surface area contributed by atoms with Crippen LogP contribution in [0, 0.1) is 0 Å². The van der Waals surface area contributed by atoms with E-state index in [4.69, 9.17) is 0 Å². The lowest BCUT2D eigenvalue weighted by atomic mass is 10.0. The van der Waals surface area contributed by atoms with Gasteiger partial charge in [-0.1, -0.05) is 54.6 Å². The van der Waals surface area contributed by atoms with Gasteiger partial charge in [-0.15, -0.1) is 0 Å². The predicted octanol–water partition coefficient (Wildman–Crippen LogP) is 3.45. The summed E-state index contributed by atoms with van der Waals surface area (Å²) in [7, 11) is 1.87. The maximum absolute atomic E-state index is 13.4. The molecule has 2 aliphatic rings. The van der Waals surface area contributed by atoms with E-state index in [-0.39, 0.29) is 36.3 Å². The van der Waals surface area contributed by atoms with Gasteiger partial charge in [0.1, 0.15) is 0 Å². The Morgan fingerprint density at radius 1 is 0.848 bits per heavy atom. The zero-order valence-corrected chi connectivity index (χ0v) is 18.4. The van der Waals surface area contributed by atoms with E-state index in [1.165, 1.54) is 4.90 Å². The molecule has 0 aliphatic carbocycles. The molecule has 6 nitrogen and oxygen atoms in total. The van der Waals surface area contributed by atoms with Gasteiger partial charge in [0, 0.05) is 24.7 Å². The molecule has 0 radical (unpaired) electrons. The summed E-state index contributed by atoms with van der Waals surface area (Å²) in [4.78, 5) is 42.2. The Balaban J connectivity index is 1.36. The third kappa shape index (κ3) is 3.83. The van der Waals surface area contributed by atoms with Gasteiger partial charge in [0.05, 0.1) is 17.2 Å². The van der Waals surface area contributed by atoms with E-state index < -0.39 is 0 Å². The second-order valence-corrected chi connectivity index (χ2v) is 8.54. The van der Waals surface area contributed by atoms with Crippen LogP contribution < -0.4 is 5.32 Å². The number of likely N-dealkylation sites (N-methyl/N-ethyl adjacent to an activating group) is 1. The molecule has 1 saturated heterocycles.